The van der Waals surface area contributed by atoms with E-state index in [1.807, 2.05) is 0 Å². The molecule has 0 aromatic carbocycles. The predicted octanol–water partition coefficient (Wildman–Crippen LogP) is 1.21. The van der Waals surface area contributed by atoms with Crippen LogP contribution in [0.1, 0.15) is 46.0 Å². The third kappa shape index (κ3) is 2.86. The van der Waals surface area contributed by atoms with Crippen molar-refractivity contribution in [3.63, 3.8) is 0 Å². The van der Waals surface area contributed by atoms with Crippen LogP contribution in [-0.4, -0.2) is 23.9 Å². The zero-order valence-corrected chi connectivity index (χ0v) is 10.7. The summed E-state index contributed by atoms with van der Waals surface area (Å²) in [5.41, 5.74) is 0. The molecule has 1 saturated heterocycles. The van der Waals surface area contributed by atoms with E-state index >= 15 is 0 Å². The summed E-state index contributed by atoms with van der Waals surface area (Å²) in [6, 6.07) is 0.0947. The Morgan fingerprint density at radius 1 is 1.24 bits per heavy atom. The number of rotatable bonds is 3. The molecule has 3 unspecified atom stereocenters. The monoisotopic (exact) mass is 238 g/mol. The maximum atomic E-state index is 11.5. The van der Waals surface area contributed by atoms with Gasteiger partial charge in [-0.25, -0.2) is 0 Å². The molecule has 2 fully saturated rings. The first-order valence-corrected chi connectivity index (χ1v) is 6.67. The predicted molar refractivity (Wildman–Crippen MR) is 65.3 cm³/mol. The van der Waals surface area contributed by atoms with Gasteiger partial charge in [0, 0.05) is 6.04 Å². The van der Waals surface area contributed by atoms with E-state index in [-0.39, 0.29) is 17.9 Å². The molecule has 17 heavy (non-hydrogen) atoms. The molecular formula is C13H22N2O2. The lowest BCUT2D eigenvalue weighted by Gasteiger charge is -2.36. The summed E-state index contributed by atoms with van der Waals surface area (Å²) in [4.78, 5) is 22.7. The highest BCUT2D eigenvalue weighted by atomic mass is 16.2. The van der Waals surface area contributed by atoms with Crippen molar-refractivity contribution in [1.29, 1.82) is 0 Å². The van der Waals surface area contributed by atoms with E-state index in [2.05, 4.69) is 24.5 Å². The van der Waals surface area contributed by atoms with Gasteiger partial charge in [-0.05, 0) is 24.7 Å². The highest BCUT2D eigenvalue weighted by Crippen LogP contribution is 2.30. The molecule has 0 aromatic rings. The number of imide groups is 1. The van der Waals surface area contributed by atoms with Crippen molar-refractivity contribution < 1.29 is 9.59 Å². The molecule has 3 atom stereocenters. The van der Waals surface area contributed by atoms with Crippen molar-refractivity contribution in [3.05, 3.63) is 0 Å². The molecule has 1 aliphatic heterocycles. The number of amides is 2. The Bertz CT molecular complexity index is 315. The first-order chi connectivity index (χ1) is 8.08. The highest BCUT2D eigenvalue weighted by molar-refractivity contribution is 6.05. The smallest absolute Gasteiger partial charge is 0.244 e. The summed E-state index contributed by atoms with van der Waals surface area (Å²) in [6.45, 7) is 4.48. The Morgan fingerprint density at radius 2 is 1.94 bits per heavy atom. The Kier molecular flexibility index (Phi) is 3.82. The fraction of sp³-hybridized carbons (Fsp3) is 0.846. The molecule has 1 heterocycles. The van der Waals surface area contributed by atoms with Gasteiger partial charge >= 0.3 is 0 Å². The van der Waals surface area contributed by atoms with Crippen molar-refractivity contribution in [3.8, 4) is 0 Å². The first kappa shape index (κ1) is 12.6. The van der Waals surface area contributed by atoms with Gasteiger partial charge < -0.3 is 5.32 Å². The Hall–Kier alpha value is -0.900. The summed E-state index contributed by atoms with van der Waals surface area (Å²) in [6.07, 6.45) is 5.18. The van der Waals surface area contributed by atoms with E-state index in [4.69, 9.17) is 0 Å². The van der Waals surface area contributed by atoms with E-state index in [0.29, 0.717) is 24.3 Å². The van der Waals surface area contributed by atoms with E-state index < -0.39 is 0 Å². The average Bonchev–Trinajstić information content (AvgIpc) is 2.58. The summed E-state index contributed by atoms with van der Waals surface area (Å²) < 4.78 is 0. The summed E-state index contributed by atoms with van der Waals surface area (Å²) >= 11 is 0. The lowest BCUT2D eigenvalue weighted by atomic mass is 9.77. The van der Waals surface area contributed by atoms with Crippen LogP contribution in [0.3, 0.4) is 0 Å². The maximum absolute atomic E-state index is 11.5. The van der Waals surface area contributed by atoms with Crippen molar-refractivity contribution in [2.75, 3.05) is 0 Å². The summed E-state index contributed by atoms with van der Waals surface area (Å²) in [5.74, 6) is 0.965. The van der Waals surface area contributed by atoms with Crippen molar-refractivity contribution in [2.24, 2.45) is 11.8 Å². The second-order valence-electron chi connectivity index (χ2n) is 5.63. The number of carbonyl (C=O) groups is 2. The lowest BCUT2D eigenvalue weighted by Crippen LogP contribution is -2.48. The van der Waals surface area contributed by atoms with E-state index in [9.17, 15) is 9.59 Å². The molecule has 2 amide bonds. The van der Waals surface area contributed by atoms with Crippen LogP contribution < -0.4 is 10.6 Å². The SMILES string of the molecule is CC(C)C1CCCCC1NC1CC(=O)NC1=O. The van der Waals surface area contributed by atoms with Gasteiger partial charge in [-0.15, -0.1) is 0 Å². The second kappa shape index (κ2) is 5.17. The largest absolute Gasteiger partial charge is 0.302 e. The average molecular weight is 238 g/mol. The topological polar surface area (TPSA) is 58.2 Å². The van der Waals surface area contributed by atoms with Gasteiger partial charge in [-0.3, -0.25) is 14.9 Å². The van der Waals surface area contributed by atoms with Crippen LogP contribution in [0.25, 0.3) is 0 Å². The standard InChI is InChI=1S/C13H22N2O2/c1-8(2)9-5-3-4-6-10(9)14-11-7-12(16)15-13(11)17/h8-11,14H,3-7H2,1-2H3,(H,15,16,17). The van der Waals surface area contributed by atoms with Gasteiger partial charge in [0.15, 0.2) is 0 Å². The van der Waals surface area contributed by atoms with Gasteiger partial charge in [0.25, 0.3) is 0 Å². The highest BCUT2D eigenvalue weighted by Gasteiger charge is 2.35. The minimum absolute atomic E-state index is 0.149. The minimum atomic E-state index is -0.299. The molecule has 2 aliphatic rings. The fourth-order valence-corrected chi connectivity index (χ4v) is 3.11. The molecule has 4 heteroatoms. The molecule has 2 rings (SSSR count). The Balaban J connectivity index is 1.96. The van der Waals surface area contributed by atoms with Crippen LogP contribution in [-0.2, 0) is 9.59 Å². The molecule has 2 N–H and O–H groups in total. The number of hydrogen-bond acceptors (Lipinski definition) is 3. The Morgan fingerprint density at radius 3 is 2.53 bits per heavy atom. The maximum Gasteiger partial charge on any atom is 0.244 e. The normalized spacial score (nSPS) is 34.2. The third-order valence-corrected chi connectivity index (χ3v) is 4.06. The first-order valence-electron chi connectivity index (χ1n) is 6.67. The van der Waals surface area contributed by atoms with Gasteiger partial charge in [-0.1, -0.05) is 26.7 Å². The van der Waals surface area contributed by atoms with Gasteiger partial charge in [0.05, 0.1) is 12.5 Å². The van der Waals surface area contributed by atoms with Gasteiger partial charge in [0.1, 0.15) is 0 Å². The zero-order chi connectivity index (χ0) is 12.4. The summed E-state index contributed by atoms with van der Waals surface area (Å²) in [7, 11) is 0. The van der Waals surface area contributed by atoms with E-state index in [1.165, 1.54) is 19.3 Å². The van der Waals surface area contributed by atoms with Gasteiger partial charge in [-0.2, -0.15) is 0 Å². The van der Waals surface area contributed by atoms with Crippen LogP contribution in [0.15, 0.2) is 0 Å². The van der Waals surface area contributed by atoms with E-state index in [0.717, 1.165) is 6.42 Å². The number of nitrogens with one attached hydrogen (secondary N) is 2. The molecule has 1 saturated carbocycles. The molecule has 96 valence electrons. The van der Waals surface area contributed by atoms with Crippen LogP contribution in [0.4, 0.5) is 0 Å². The van der Waals surface area contributed by atoms with E-state index in [1.54, 1.807) is 0 Å². The van der Waals surface area contributed by atoms with Crippen LogP contribution in [0.2, 0.25) is 0 Å². The quantitative estimate of drug-likeness (QED) is 0.727. The summed E-state index contributed by atoms with van der Waals surface area (Å²) in [5, 5.41) is 5.76. The molecule has 0 spiro atoms. The second-order valence-corrected chi connectivity index (χ2v) is 5.63. The lowest BCUT2D eigenvalue weighted by molar-refractivity contribution is -0.125. The zero-order valence-electron chi connectivity index (χ0n) is 10.7. The fourth-order valence-electron chi connectivity index (χ4n) is 3.11. The molecule has 0 radical (unpaired) electrons. The van der Waals surface area contributed by atoms with Crippen molar-refractivity contribution in [2.45, 2.75) is 58.0 Å². The third-order valence-electron chi connectivity index (χ3n) is 4.06. The van der Waals surface area contributed by atoms with Crippen LogP contribution in [0, 0.1) is 11.8 Å². The van der Waals surface area contributed by atoms with Crippen LogP contribution in [0.5, 0.6) is 0 Å². The van der Waals surface area contributed by atoms with Crippen molar-refractivity contribution >= 4 is 11.8 Å². The Labute approximate surface area is 103 Å². The molecule has 0 bridgehead atoms. The molecule has 4 nitrogen and oxygen atoms in total. The minimum Gasteiger partial charge on any atom is -0.302 e. The van der Waals surface area contributed by atoms with Crippen molar-refractivity contribution in [1.82, 2.24) is 10.6 Å². The number of carbonyl (C=O) groups excluding carboxylic acids is 2. The molecular weight excluding hydrogens is 216 g/mol. The molecule has 1 aliphatic carbocycles. The van der Waals surface area contributed by atoms with Crippen LogP contribution >= 0.6 is 0 Å². The molecule has 0 aromatic heterocycles. The van der Waals surface area contributed by atoms with Gasteiger partial charge in [0.2, 0.25) is 11.8 Å². The number of hydrogen-bond donors (Lipinski definition) is 2.